The molecule has 0 atom stereocenters. The lowest BCUT2D eigenvalue weighted by molar-refractivity contribution is 0.101. The number of ether oxygens (including phenoxy) is 1. The maximum atomic E-state index is 4.96. The van der Waals surface area contributed by atoms with Crippen molar-refractivity contribution in [3.63, 3.8) is 0 Å². The summed E-state index contributed by atoms with van der Waals surface area (Å²) in [4.78, 5) is 4.41. The van der Waals surface area contributed by atoms with Crippen molar-refractivity contribution in [3.8, 4) is 0 Å². The summed E-state index contributed by atoms with van der Waals surface area (Å²) in [6.45, 7) is 0.0205. The molecule has 0 aliphatic carbocycles. The summed E-state index contributed by atoms with van der Waals surface area (Å²) in [5, 5.41) is -0.189. The fourth-order valence-corrected chi connectivity index (χ4v) is 0.319. The lowest BCUT2D eigenvalue weighted by atomic mass is 11.2. The molecule has 0 radical (unpaired) electrons. The van der Waals surface area contributed by atoms with Crippen LogP contribution in [0.3, 0.4) is 0 Å². The van der Waals surface area contributed by atoms with Crippen LogP contribution in [-0.4, -0.2) is 17.1 Å². The first-order chi connectivity index (χ1) is 4.63. The molecule has 0 aliphatic heterocycles. The molecule has 0 amide bonds. The molecule has 0 unspecified atom stereocenters. The van der Waals surface area contributed by atoms with E-state index in [4.69, 9.17) is 11.5 Å². The van der Waals surface area contributed by atoms with Crippen LogP contribution in [-0.2, 0) is 9.57 Å². The summed E-state index contributed by atoms with van der Waals surface area (Å²) in [6.07, 6.45) is 0. The molecule has 10 heavy (non-hydrogen) atoms. The SMILES string of the molecule is NC(=S)OCNOC(N)=S. The Hall–Kier alpha value is -0.660. The number of thiocarbonyl (C=S) groups is 2. The van der Waals surface area contributed by atoms with Crippen molar-refractivity contribution in [2.24, 2.45) is 11.5 Å². The van der Waals surface area contributed by atoms with E-state index in [9.17, 15) is 0 Å². The van der Waals surface area contributed by atoms with E-state index >= 15 is 0 Å². The molecule has 0 fully saturated rings. The fourth-order valence-electron chi connectivity index (χ4n) is 0.201. The molecule has 0 heterocycles. The summed E-state index contributed by atoms with van der Waals surface area (Å²) in [5.74, 6) is 0. The Balaban J connectivity index is 3.06. The number of nitrogens with two attached hydrogens (primary N) is 2. The smallest absolute Gasteiger partial charge is 0.275 e. The van der Waals surface area contributed by atoms with Crippen LogP contribution in [0.25, 0.3) is 0 Å². The second-order valence-electron chi connectivity index (χ2n) is 1.17. The van der Waals surface area contributed by atoms with Crippen molar-refractivity contribution in [1.29, 1.82) is 0 Å². The zero-order valence-electron chi connectivity index (χ0n) is 4.99. The van der Waals surface area contributed by atoms with E-state index in [1.165, 1.54) is 0 Å². The number of nitrogens with one attached hydrogen (secondary N) is 1. The monoisotopic (exact) mass is 181 g/mol. The Morgan fingerprint density at radius 1 is 1.30 bits per heavy atom. The van der Waals surface area contributed by atoms with E-state index in [0.29, 0.717) is 0 Å². The highest BCUT2D eigenvalue weighted by molar-refractivity contribution is 7.80. The highest BCUT2D eigenvalue weighted by atomic mass is 32.1. The Labute approximate surface area is 68.6 Å². The van der Waals surface area contributed by atoms with Gasteiger partial charge in [-0.25, -0.2) is 0 Å². The number of rotatable bonds is 3. The molecule has 0 aromatic carbocycles. The summed E-state index contributed by atoms with van der Waals surface area (Å²) < 4.78 is 4.55. The molecule has 0 spiro atoms. The minimum Gasteiger partial charge on any atom is -0.452 e. The lowest BCUT2D eigenvalue weighted by Crippen LogP contribution is -2.28. The number of hydrogen-bond donors (Lipinski definition) is 3. The average molecular weight is 181 g/mol. The first-order valence-corrected chi connectivity index (χ1v) is 3.06. The minimum atomic E-state index is -0.119. The van der Waals surface area contributed by atoms with Crippen LogP contribution < -0.4 is 16.9 Å². The van der Waals surface area contributed by atoms with Crippen LogP contribution in [0, 0.1) is 0 Å². The van der Waals surface area contributed by atoms with Gasteiger partial charge < -0.3 is 21.0 Å². The number of hydrogen-bond acceptors (Lipinski definition) is 5. The van der Waals surface area contributed by atoms with E-state index in [1.807, 2.05) is 0 Å². The maximum absolute atomic E-state index is 4.96. The van der Waals surface area contributed by atoms with Crippen molar-refractivity contribution in [2.45, 2.75) is 0 Å². The second kappa shape index (κ2) is 5.15. The van der Waals surface area contributed by atoms with Crippen LogP contribution in [0.1, 0.15) is 0 Å². The molecule has 0 aromatic rings. The zero-order chi connectivity index (χ0) is 7.98. The van der Waals surface area contributed by atoms with Gasteiger partial charge in [-0.1, -0.05) is 0 Å². The highest BCUT2D eigenvalue weighted by Gasteiger charge is 1.88. The molecular weight excluding hydrogens is 174 g/mol. The molecule has 58 valence electrons. The zero-order valence-corrected chi connectivity index (χ0v) is 6.63. The van der Waals surface area contributed by atoms with Crippen molar-refractivity contribution >= 4 is 34.8 Å². The van der Waals surface area contributed by atoms with Crippen molar-refractivity contribution in [3.05, 3.63) is 0 Å². The van der Waals surface area contributed by atoms with Gasteiger partial charge in [0.05, 0.1) is 0 Å². The standard InChI is InChI=1S/C3H7N3O2S2/c4-2(9)7-1-6-8-3(5)10/h6H,1H2,(H2,4,9)(H2,5,10). The highest BCUT2D eigenvalue weighted by Crippen LogP contribution is 1.71. The van der Waals surface area contributed by atoms with E-state index in [-0.39, 0.29) is 17.1 Å². The Morgan fingerprint density at radius 2 is 1.90 bits per heavy atom. The predicted octanol–water partition coefficient (Wildman–Crippen LogP) is -1.03. The quantitative estimate of drug-likeness (QED) is 0.222. The normalized spacial score (nSPS) is 8.40. The molecule has 0 rings (SSSR count). The van der Waals surface area contributed by atoms with Gasteiger partial charge in [-0.05, 0) is 24.4 Å². The van der Waals surface area contributed by atoms with E-state index in [2.05, 4.69) is 39.5 Å². The van der Waals surface area contributed by atoms with Gasteiger partial charge in [0.25, 0.3) is 10.3 Å². The molecule has 0 aliphatic rings. The maximum Gasteiger partial charge on any atom is 0.275 e. The van der Waals surface area contributed by atoms with Gasteiger partial charge in [-0.3, -0.25) is 0 Å². The fraction of sp³-hybridized carbons (Fsp3) is 0.333. The molecule has 0 saturated heterocycles. The topological polar surface area (TPSA) is 82.5 Å². The average Bonchev–Trinajstić information content (AvgIpc) is 1.79. The second-order valence-corrected chi connectivity index (χ2v) is 1.98. The summed E-state index contributed by atoms with van der Waals surface area (Å²) >= 11 is 8.72. The Bertz CT molecular complexity index is 124. The first-order valence-electron chi connectivity index (χ1n) is 2.24. The Morgan fingerprint density at radius 3 is 2.30 bits per heavy atom. The third kappa shape index (κ3) is 7.34. The van der Waals surface area contributed by atoms with Gasteiger partial charge in [-0.2, -0.15) is 0 Å². The van der Waals surface area contributed by atoms with Gasteiger partial charge >= 0.3 is 0 Å². The third-order valence-corrected chi connectivity index (χ3v) is 0.647. The summed E-state index contributed by atoms with van der Waals surface area (Å²) in [5.41, 5.74) is 12.2. The lowest BCUT2D eigenvalue weighted by Gasteiger charge is -2.04. The molecule has 7 heteroatoms. The molecule has 0 saturated carbocycles. The van der Waals surface area contributed by atoms with Gasteiger partial charge in [0.15, 0.2) is 6.73 Å². The third-order valence-electron chi connectivity index (χ3n) is 0.446. The van der Waals surface area contributed by atoms with Gasteiger partial charge in [0.1, 0.15) is 0 Å². The van der Waals surface area contributed by atoms with Gasteiger partial charge in [-0.15, -0.1) is 5.48 Å². The summed E-state index contributed by atoms with van der Waals surface area (Å²) in [7, 11) is 0. The molecule has 0 bridgehead atoms. The van der Waals surface area contributed by atoms with Crippen LogP contribution >= 0.6 is 24.4 Å². The van der Waals surface area contributed by atoms with Crippen LogP contribution in [0.5, 0.6) is 0 Å². The van der Waals surface area contributed by atoms with E-state index in [0.717, 1.165) is 0 Å². The van der Waals surface area contributed by atoms with Crippen LogP contribution in [0.2, 0.25) is 0 Å². The largest absolute Gasteiger partial charge is 0.452 e. The molecule has 5 N–H and O–H groups in total. The van der Waals surface area contributed by atoms with Gasteiger partial charge in [0.2, 0.25) is 0 Å². The Kier molecular flexibility index (Phi) is 4.81. The van der Waals surface area contributed by atoms with Crippen LogP contribution in [0.4, 0.5) is 0 Å². The molecule has 0 aromatic heterocycles. The molecular formula is C3H7N3O2S2. The van der Waals surface area contributed by atoms with E-state index in [1.54, 1.807) is 0 Å². The van der Waals surface area contributed by atoms with Crippen molar-refractivity contribution in [2.75, 3.05) is 6.73 Å². The summed E-state index contributed by atoms with van der Waals surface area (Å²) in [6, 6.07) is 0. The number of hydroxylamine groups is 1. The molecule has 5 nitrogen and oxygen atoms in total. The first kappa shape index (κ1) is 9.34. The predicted molar refractivity (Wildman–Crippen MR) is 43.7 cm³/mol. The van der Waals surface area contributed by atoms with Crippen molar-refractivity contribution in [1.82, 2.24) is 5.48 Å². The van der Waals surface area contributed by atoms with Crippen molar-refractivity contribution < 1.29 is 9.57 Å². The minimum absolute atomic E-state index is 0.0205. The van der Waals surface area contributed by atoms with E-state index < -0.39 is 0 Å². The van der Waals surface area contributed by atoms with Crippen LogP contribution in [0.15, 0.2) is 0 Å². The van der Waals surface area contributed by atoms with Gasteiger partial charge in [0, 0.05) is 0 Å².